The van der Waals surface area contributed by atoms with Crippen LogP contribution in [-0.2, 0) is 0 Å². The van der Waals surface area contributed by atoms with Crippen molar-refractivity contribution in [3.8, 4) is 11.4 Å². The predicted molar refractivity (Wildman–Crippen MR) is 99.2 cm³/mol. The van der Waals surface area contributed by atoms with Gasteiger partial charge in [-0.2, -0.15) is 0 Å². The van der Waals surface area contributed by atoms with Crippen molar-refractivity contribution in [2.75, 3.05) is 5.75 Å². The molecule has 25 heavy (non-hydrogen) atoms. The fraction of sp³-hybridized carbons (Fsp3) is 0.150. The van der Waals surface area contributed by atoms with E-state index in [0.717, 1.165) is 21.9 Å². The highest BCUT2D eigenvalue weighted by Crippen LogP contribution is 2.40. The van der Waals surface area contributed by atoms with Crippen molar-refractivity contribution in [1.82, 2.24) is 9.55 Å². The summed E-state index contributed by atoms with van der Waals surface area (Å²) in [6, 6.07) is 19.3. The summed E-state index contributed by atoms with van der Waals surface area (Å²) >= 11 is 1.58. The first-order chi connectivity index (χ1) is 12.2. The van der Waals surface area contributed by atoms with Gasteiger partial charge in [-0.1, -0.05) is 60.7 Å². The lowest BCUT2D eigenvalue weighted by Gasteiger charge is -2.14. The van der Waals surface area contributed by atoms with Crippen LogP contribution in [0.4, 0.5) is 0 Å². The molecule has 1 aromatic heterocycles. The highest BCUT2D eigenvalue weighted by Gasteiger charge is 2.32. The second kappa shape index (κ2) is 6.33. The average Bonchev–Trinajstić information content (AvgIpc) is 3.07. The lowest BCUT2D eigenvalue weighted by molar-refractivity contribution is 0.0932. The zero-order valence-corrected chi connectivity index (χ0v) is 14.5. The van der Waals surface area contributed by atoms with E-state index in [1.807, 2.05) is 60.7 Å². The van der Waals surface area contributed by atoms with Crippen LogP contribution in [0.1, 0.15) is 28.8 Å². The number of carbonyl (C=O) groups excluding carboxylic acids is 1. The Kier molecular flexibility index (Phi) is 4.01. The molecular weight excluding hydrogens is 332 g/mol. The topological polar surface area (TPSA) is 52.0 Å². The van der Waals surface area contributed by atoms with Gasteiger partial charge in [0.25, 0.3) is 5.56 Å². The average molecular weight is 348 g/mol. The normalized spacial score (nSPS) is 15.8. The molecule has 0 saturated heterocycles. The molecule has 0 spiro atoms. The van der Waals surface area contributed by atoms with Crippen molar-refractivity contribution >= 4 is 17.7 Å². The number of hydrogen-bond donors (Lipinski definition) is 0. The van der Waals surface area contributed by atoms with Gasteiger partial charge in [0.15, 0.2) is 5.82 Å². The quantitative estimate of drug-likeness (QED) is 0.661. The highest BCUT2D eigenvalue weighted by molar-refractivity contribution is 7.99. The molecule has 1 aliphatic rings. The molecule has 4 rings (SSSR count). The molecule has 2 aromatic carbocycles. The molecule has 0 bridgehead atoms. The van der Waals surface area contributed by atoms with Crippen molar-refractivity contribution < 1.29 is 4.79 Å². The third kappa shape index (κ3) is 2.70. The second-order valence-electron chi connectivity index (χ2n) is 5.95. The minimum Gasteiger partial charge on any atom is -0.274 e. The monoisotopic (exact) mass is 348 g/mol. The number of thioether (sulfide) groups is 1. The Bertz CT molecular complexity index is 997. The first kappa shape index (κ1) is 15.8. The molecule has 0 fully saturated rings. The smallest absolute Gasteiger partial charge is 0.265 e. The Labute approximate surface area is 149 Å². The molecule has 1 aliphatic heterocycles. The molecular formula is C20H16N2O2S. The maximum absolute atomic E-state index is 13.2. The molecule has 1 atom stereocenters. The standard InChI is InChI=1S/C20H16N2O2S/c1-13(23)22-18(15-10-6-3-7-11-15)21-19-17(20(22)24)16(12-25-19)14-8-4-2-5-9-14/h2-11,16H,12H2,1H3/t16-/m0/s1. The van der Waals surface area contributed by atoms with Crippen LogP contribution >= 0.6 is 11.8 Å². The van der Waals surface area contributed by atoms with Crippen LogP contribution in [0.3, 0.4) is 0 Å². The number of carbonyl (C=O) groups is 1. The Morgan fingerprint density at radius 1 is 1.08 bits per heavy atom. The van der Waals surface area contributed by atoms with Gasteiger partial charge in [0.05, 0.1) is 5.56 Å². The number of hydrogen-bond acceptors (Lipinski definition) is 4. The second-order valence-corrected chi connectivity index (χ2v) is 6.96. The number of rotatable bonds is 2. The molecule has 0 aliphatic carbocycles. The van der Waals surface area contributed by atoms with Gasteiger partial charge < -0.3 is 0 Å². The summed E-state index contributed by atoms with van der Waals surface area (Å²) in [5.74, 6) is 0.829. The zero-order chi connectivity index (χ0) is 17.4. The summed E-state index contributed by atoms with van der Waals surface area (Å²) in [4.78, 5) is 30.1. The van der Waals surface area contributed by atoms with Crippen LogP contribution in [-0.4, -0.2) is 21.2 Å². The first-order valence-electron chi connectivity index (χ1n) is 8.08. The van der Waals surface area contributed by atoms with Crippen LogP contribution in [0.15, 0.2) is 70.5 Å². The molecule has 3 aromatic rings. The Morgan fingerprint density at radius 2 is 1.72 bits per heavy atom. The summed E-state index contributed by atoms with van der Waals surface area (Å²) in [7, 11) is 0. The van der Waals surface area contributed by atoms with Crippen LogP contribution in [0.25, 0.3) is 11.4 Å². The molecule has 0 N–H and O–H groups in total. The lowest BCUT2D eigenvalue weighted by Crippen LogP contribution is -2.31. The fourth-order valence-electron chi connectivity index (χ4n) is 3.19. The van der Waals surface area contributed by atoms with Crippen LogP contribution < -0.4 is 5.56 Å². The van der Waals surface area contributed by atoms with Crippen molar-refractivity contribution in [2.45, 2.75) is 17.9 Å². The highest BCUT2D eigenvalue weighted by atomic mass is 32.2. The van der Waals surface area contributed by atoms with Gasteiger partial charge in [-0.05, 0) is 5.56 Å². The third-order valence-corrected chi connectivity index (χ3v) is 5.45. The Balaban J connectivity index is 1.95. The van der Waals surface area contributed by atoms with E-state index < -0.39 is 0 Å². The lowest BCUT2D eigenvalue weighted by atomic mass is 9.95. The summed E-state index contributed by atoms with van der Waals surface area (Å²) in [5, 5.41) is 0.732. The minimum absolute atomic E-state index is 0.0309. The summed E-state index contributed by atoms with van der Waals surface area (Å²) < 4.78 is 1.20. The molecule has 0 radical (unpaired) electrons. The van der Waals surface area contributed by atoms with Gasteiger partial charge in [0, 0.05) is 24.2 Å². The van der Waals surface area contributed by atoms with Crippen LogP contribution in [0, 0.1) is 0 Å². The number of aromatic nitrogens is 2. The molecule has 124 valence electrons. The van der Waals surface area contributed by atoms with Crippen LogP contribution in [0.5, 0.6) is 0 Å². The van der Waals surface area contributed by atoms with E-state index in [2.05, 4.69) is 4.98 Å². The van der Waals surface area contributed by atoms with Gasteiger partial charge in [0.1, 0.15) is 5.03 Å². The molecule has 5 heteroatoms. The SMILES string of the molecule is CC(=O)n1c(-c2ccccc2)nc2c(c1=O)[C@H](c1ccccc1)CS2. The third-order valence-electron chi connectivity index (χ3n) is 4.37. The number of nitrogens with zero attached hydrogens (tertiary/aromatic N) is 2. The van der Waals surface area contributed by atoms with Gasteiger partial charge in [0.2, 0.25) is 5.91 Å². The maximum Gasteiger partial charge on any atom is 0.265 e. The van der Waals surface area contributed by atoms with E-state index >= 15 is 0 Å². The van der Waals surface area contributed by atoms with E-state index in [0.29, 0.717) is 11.4 Å². The van der Waals surface area contributed by atoms with Crippen molar-refractivity contribution in [3.63, 3.8) is 0 Å². The van der Waals surface area contributed by atoms with Crippen LogP contribution in [0.2, 0.25) is 0 Å². The van der Waals surface area contributed by atoms with Gasteiger partial charge in [-0.15, -0.1) is 11.8 Å². The fourth-order valence-corrected chi connectivity index (χ4v) is 4.41. The Hall–Kier alpha value is -2.66. The molecule has 2 heterocycles. The Morgan fingerprint density at radius 3 is 2.36 bits per heavy atom. The van der Waals surface area contributed by atoms with Crippen molar-refractivity contribution in [1.29, 1.82) is 0 Å². The van der Waals surface area contributed by atoms with Crippen molar-refractivity contribution in [3.05, 3.63) is 82.1 Å². The van der Waals surface area contributed by atoms with Gasteiger partial charge in [-0.25, -0.2) is 9.55 Å². The van der Waals surface area contributed by atoms with E-state index in [1.165, 1.54) is 11.5 Å². The number of fused-ring (bicyclic) bond motifs is 1. The van der Waals surface area contributed by atoms with Gasteiger partial charge in [-0.3, -0.25) is 9.59 Å². The summed E-state index contributed by atoms with van der Waals surface area (Å²) in [5.41, 5.74) is 2.22. The largest absolute Gasteiger partial charge is 0.274 e. The molecule has 0 unspecified atom stereocenters. The van der Waals surface area contributed by atoms with E-state index in [9.17, 15) is 9.59 Å². The van der Waals surface area contributed by atoms with E-state index in [4.69, 9.17) is 0 Å². The van der Waals surface area contributed by atoms with E-state index in [-0.39, 0.29) is 17.4 Å². The molecule has 0 saturated carbocycles. The molecule has 0 amide bonds. The zero-order valence-electron chi connectivity index (χ0n) is 13.7. The maximum atomic E-state index is 13.2. The van der Waals surface area contributed by atoms with E-state index in [1.54, 1.807) is 11.8 Å². The first-order valence-corrected chi connectivity index (χ1v) is 9.06. The minimum atomic E-state index is -0.317. The summed E-state index contributed by atoms with van der Waals surface area (Å²) in [6.07, 6.45) is 0. The predicted octanol–water partition coefficient (Wildman–Crippen LogP) is 3.81. The van der Waals surface area contributed by atoms with Crippen molar-refractivity contribution in [2.24, 2.45) is 0 Å². The molecule has 4 nitrogen and oxygen atoms in total. The summed E-state index contributed by atoms with van der Waals surface area (Å²) in [6.45, 7) is 1.40. The number of benzene rings is 2. The van der Waals surface area contributed by atoms with Gasteiger partial charge >= 0.3 is 0 Å².